The molecule has 3 rings (SSSR count). The predicted molar refractivity (Wildman–Crippen MR) is 87.5 cm³/mol. The Kier molecular flexibility index (Phi) is 4.19. The molecule has 1 atom stereocenters. The summed E-state index contributed by atoms with van der Waals surface area (Å²) in [7, 11) is 0. The highest BCUT2D eigenvalue weighted by molar-refractivity contribution is 7.16. The number of rotatable bonds is 4. The smallest absolute Gasteiger partial charge is 0.131 e. The van der Waals surface area contributed by atoms with Crippen LogP contribution in [0.2, 0.25) is 9.49 Å². The standard InChI is InChI=1S/C15H12Cl2N2OS/c1-9-10(4-6-13(16)18-9)19-15(11-3-2-8-20-11)12-5-7-14(17)21-12/h2-8,15,19H,1H3. The number of halogens is 2. The highest BCUT2D eigenvalue weighted by Gasteiger charge is 2.19. The summed E-state index contributed by atoms with van der Waals surface area (Å²) in [5.41, 5.74) is 1.74. The van der Waals surface area contributed by atoms with Gasteiger partial charge in [0.2, 0.25) is 0 Å². The van der Waals surface area contributed by atoms with E-state index >= 15 is 0 Å². The molecule has 3 heterocycles. The van der Waals surface area contributed by atoms with E-state index in [1.54, 1.807) is 12.3 Å². The molecular weight excluding hydrogens is 327 g/mol. The number of pyridine rings is 1. The molecule has 0 aliphatic rings. The number of hydrogen-bond acceptors (Lipinski definition) is 4. The van der Waals surface area contributed by atoms with Crippen molar-refractivity contribution in [2.24, 2.45) is 0 Å². The Balaban J connectivity index is 1.96. The highest BCUT2D eigenvalue weighted by Crippen LogP contribution is 2.34. The van der Waals surface area contributed by atoms with Crippen molar-refractivity contribution in [1.82, 2.24) is 4.98 Å². The second kappa shape index (κ2) is 6.10. The lowest BCUT2D eigenvalue weighted by Crippen LogP contribution is -2.11. The third-order valence-corrected chi connectivity index (χ3v) is 4.56. The quantitative estimate of drug-likeness (QED) is 0.633. The fourth-order valence-corrected chi connectivity index (χ4v) is 3.37. The van der Waals surface area contributed by atoms with Gasteiger partial charge in [0.05, 0.1) is 22.0 Å². The van der Waals surface area contributed by atoms with Gasteiger partial charge in [-0.15, -0.1) is 11.3 Å². The van der Waals surface area contributed by atoms with E-state index in [0.717, 1.165) is 26.4 Å². The number of thiophene rings is 1. The van der Waals surface area contributed by atoms with Crippen molar-refractivity contribution in [3.05, 3.63) is 68.5 Å². The monoisotopic (exact) mass is 338 g/mol. The molecule has 0 aliphatic heterocycles. The first kappa shape index (κ1) is 14.4. The van der Waals surface area contributed by atoms with E-state index in [2.05, 4.69) is 10.3 Å². The molecular formula is C15H12Cl2N2OS. The van der Waals surface area contributed by atoms with E-state index in [1.165, 1.54) is 11.3 Å². The van der Waals surface area contributed by atoms with Crippen LogP contribution in [-0.2, 0) is 0 Å². The first-order chi connectivity index (χ1) is 10.1. The first-order valence-electron chi connectivity index (χ1n) is 6.32. The highest BCUT2D eigenvalue weighted by atomic mass is 35.5. The Morgan fingerprint density at radius 3 is 2.67 bits per heavy atom. The molecule has 0 radical (unpaired) electrons. The maximum atomic E-state index is 6.05. The molecule has 3 aromatic rings. The Morgan fingerprint density at radius 1 is 1.19 bits per heavy atom. The normalized spacial score (nSPS) is 12.3. The average Bonchev–Trinajstić information content (AvgIpc) is 3.09. The maximum Gasteiger partial charge on any atom is 0.131 e. The summed E-state index contributed by atoms with van der Waals surface area (Å²) in [5.74, 6) is 0.822. The lowest BCUT2D eigenvalue weighted by Gasteiger charge is -2.18. The molecule has 0 fully saturated rings. The molecule has 0 aromatic carbocycles. The van der Waals surface area contributed by atoms with E-state index in [4.69, 9.17) is 27.6 Å². The molecule has 0 spiro atoms. The summed E-state index contributed by atoms with van der Waals surface area (Å²) in [6.45, 7) is 1.91. The van der Waals surface area contributed by atoms with Crippen molar-refractivity contribution in [3.63, 3.8) is 0 Å². The van der Waals surface area contributed by atoms with Gasteiger partial charge in [0.25, 0.3) is 0 Å². The fraction of sp³-hybridized carbons (Fsp3) is 0.133. The van der Waals surface area contributed by atoms with Gasteiger partial charge in [0.15, 0.2) is 0 Å². The molecule has 0 aliphatic carbocycles. The largest absolute Gasteiger partial charge is 0.467 e. The number of anilines is 1. The third kappa shape index (κ3) is 3.23. The molecule has 3 aromatic heterocycles. The Bertz CT molecular complexity index is 740. The van der Waals surface area contributed by atoms with Crippen LogP contribution in [0.5, 0.6) is 0 Å². The van der Waals surface area contributed by atoms with Crippen molar-refractivity contribution in [2.75, 3.05) is 5.32 Å². The molecule has 0 amide bonds. The second-order valence-corrected chi connectivity index (χ2v) is 6.64. The van der Waals surface area contributed by atoms with Crippen LogP contribution in [0.25, 0.3) is 0 Å². The molecule has 6 heteroatoms. The molecule has 21 heavy (non-hydrogen) atoms. The summed E-state index contributed by atoms with van der Waals surface area (Å²) in [6, 6.07) is 11.2. The molecule has 3 nitrogen and oxygen atoms in total. The van der Waals surface area contributed by atoms with E-state index in [1.807, 2.05) is 37.3 Å². The number of hydrogen-bond donors (Lipinski definition) is 1. The number of aryl methyl sites for hydroxylation is 1. The van der Waals surface area contributed by atoms with Gasteiger partial charge >= 0.3 is 0 Å². The van der Waals surface area contributed by atoms with Gasteiger partial charge in [-0.25, -0.2) is 4.98 Å². The van der Waals surface area contributed by atoms with Gasteiger partial charge in [-0.2, -0.15) is 0 Å². The summed E-state index contributed by atoms with van der Waals surface area (Å²) < 4.78 is 6.29. The van der Waals surface area contributed by atoms with E-state index in [0.29, 0.717) is 5.15 Å². The minimum absolute atomic E-state index is 0.112. The first-order valence-corrected chi connectivity index (χ1v) is 7.89. The molecule has 0 saturated carbocycles. The zero-order chi connectivity index (χ0) is 14.8. The van der Waals surface area contributed by atoms with E-state index in [9.17, 15) is 0 Å². The lowest BCUT2D eigenvalue weighted by atomic mass is 10.1. The number of aromatic nitrogens is 1. The Morgan fingerprint density at radius 2 is 2.05 bits per heavy atom. The summed E-state index contributed by atoms with van der Waals surface area (Å²) in [4.78, 5) is 5.33. The number of furan rings is 1. The van der Waals surface area contributed by atoms with Crippen molar-refractivity contribution in [2.45, 2.75) is 13.0 Å². The van der Waals surface area contributed by atoms with Gasteiger partial charge in [-0.3, -0.25) is 0 Å². The summed E-state index contributed by atoms with van der Waals surface area (Å²) >= 11 is 13.5. The predicted octanol–water partition coefficient (Wildman–Crippen LogP) is 5.55. The molecule has 1 N–H and O–H groups in total. The van der Waals surface area contributed by atoms with Crippen LogP contribution in [0.4, 0.5) is 5.69 Å². The maximum absolute atomic E-state index is 6.05. The van der Waals surface area contributed by atoms with Crippen LogP contribution in [0.15, 0.2) is 47.1 Å². The van der Waals surface area contributed by atoms with Crippen LogP contribution >= 0.6 is 34.5 Å². The minimum Gasteiger partial charge on any atom is -0.467 e. The topological polar surface area (TPSA) is 38.1 Å². The van der Waals surface area contributed by atoms with Crippen molar-refractivity contribution in [1.29, 1.82) is 0 Å². The molecule has 1 unspecified atom stereocenters. The van der Waals surface area contributed by atoms with Crippen molar-refractivity contribution < 1.29 is 4.42 Å². The molecule has 0 bridgehead atoms. The van der Waals surface area contributed by atoms with Crippen molar-refractivity contribution >= 4 is 40.2 Å². The van der Waals surface area contributed by atoms with E-state index in [-0.39, 0.29) is 6.04 Å². The third-order valence-electron chi connectivity index (χ3n) is 3.06. The molecule has 0 saturated heterocycles. The van der Waals surface area contributed by atoms with Gasteiger partial charge < -0.3 is 9.73 Å². The van der Waals surface area contributed by atoms with Gasteiger partial charge in [-0.05, 0) is 43.3 Å². The number of nitrogens with zero attached hydrogens (tertiary/aromatic N) is 1. The minimum atomic E-state index is -0.112. The Labute approximate surface area is 136 Å². The number of nitrogens with one attached hydrogen (secondary N) is 1. The van der Waals surface area contributed by atoms with Gasteiger partial charge in [0.1, 0.15) is 17.0 Å². The lowest BCUT2D eigenvalue weighted by molar-refractivity contribution is 0.500. The van der Waals surface area contributed by atoms with Crippen LogP contribution in [0.3, 0.4) is 0 Å². The van der Waals surface area contributed by atoms with E-state index < -0.39 is 0 Å². The second-order valence-electron chi connectivity index (χ2n) is 4.50. The van der Waals surface area contributed by atoms with Crippen LogP contribution in [-0.4, -0.2) is 4.98 Å². The van der Waals surface area contributed by atoms with Crippen LogP contribution < -0.4 is 5.32 Å². The Hall–Kier alpha value is -1.49. The average molecular weight is 339 g/mol. The SMILES string of the molecule is Cc1nc(Cl)ccc1NC(c1ccco1)c1ccc(Cl)s1. The molecule has 108 valence electrons. The van der Waals surface area contributed by atoms with Gasteiger partial charge in [-0.1, -0.05) is 23.2 Å². The summed E-state index contributed by atoms with van der Waals surface area (Å²) in [6.07, 6.45) is 1.66. The zero-order valence-corrected chi connectivity index (χ0v) is 13.5. The van der Waals surface area contributed by atoms with Gasteiger partial charge in [0, 0.05) is 4.88 Å². The van der Waals surface area contributed by atoms with Crippen LogP contribution in [0.1, 0.15) is 22.4 Å². The van der Waals surface area contributed by atoms with Crippen molar-refractivity contribution in [3.8, 4) is 0 Å². The fourth-order valence-electron chi connectivity index (χ4n) is 2.06. The summed E-state index contributed by atoms with van der Waals surface area (Å²) in [5, 5.41) is 3.92. The van der Waals surface area contributed by atoms with Crippen LogP contribution in [0, 0.1) is 6.92 Å². The zero-order valence-electron chi connectivity index (χ0n) is 11.1.